The zero-order valence-corrected chi connectivity index (χ0v) is 10.5. The van der Waals surface area contributed by atoms with E-state index in [1.807, 2.05) is 0 Å². The summed E-state index contributed by atoms with van der Waals surface area (Å²) >= 11 is 0. The number of hydrogen-bond donors (Lipinski definition) is 1. The van der Waals surface area contributed by atoms with E-state index in [-0.39, 0.29) is 27.3 Å². The minimum atomic E-state index is -1.08. The summed E-state index contributed by atoms with van der Waals surface area (Å²) in [6, 6.07) is 0. The molecule has 0 heterocycles. The molecule has 64 valence electrons. The van der Waals surface area contributed by atoms with Crippen LogP contribution in [0.2, 0.25) is 0 Å². The second-order valence-corrected chi connectivity index (χ2v) is 0.983. The first-order chi connectivity index (χ1) is 4.46. The zero-order chi connectivity index (χ0) is 9.15. The molecule has 0 saturated heterocycles. The number of carboxylic acid groups (broad SMARTS) is 2. The van der Waals surface area contributed by atoms with Gasteiger partial charge in [0.1, 0.15) is 0 Å². The first kappa shape index (κ1) is 22.4. The molecule has 6 heteroatoms. The zero-order valence-electron chi connectivity index (χ0n) is 6.58. The normalized spacial score (nSPS) is 5.09. The van der Waals surface area contributed by atoms with Crippen LogP contribution in [0.25, 0.3) is 0 Å². The van der Waals surface area contributed by atoms with Crippen molar-refractivity contribution in [2.75, 3.05) is 7.11 Å². The van der Waals surface area contributed by atoms with Gasteiger partial charge in [-0.05, 0) is 13.8 Å². The monoisotopic (exact) mass is 358 g/mol. The van der Waals surface area contributed by atoms with Gasteiger partial charge in [-0.1, -0.05) is 0 Å². The Morgan fingerprint density at radius 1 is 1.00 bits per heavy atom. The largest absolute Gasteiger partial charge is 2.00 e. The fourth-order valence-electron chi connectivity index (χ4n) is 0. The van der Waals surface area contributed by atoms with Crippen LogP contribution in [-0.2, 0) is 9.59 Å². The van der Waals surface area contributed by atoms with Crippen molar-refractivity contribution in [3.8, 4) is 0 Å². The van der Waals surface area contributed by atoms with Gasteiger partial charge in [-0.2, -0.15) is 0 Å². The number of aliphatic carboxylic acids is 2. The van der Waals surface area contributed by atoms with E-state index >= 15 is 0 Å². The van der Waals surface area contributed by atoms with Crippen molar-refractivity contribution in [1.29, 1.82) is 0 Å². The van der Waals surface area contributed by atoms with E-state index < -0.39 is 11.9 Å². The number of hydrogen-bond acceptors (Lipinski definition) is 5. The summed E-state index contributed by atoms with van der Waals surface area (Å²) < 4.78 is 0. The molecule has 0 aromatic rings. The summed E-state index contributed by atoms with van der Waals surface area (Å²) in [6.07, 6.45) is 0. The molecule has 0 amide bonds. The van der Waals surface area contributed by atoms with E-state index in [1.54, 1.807) is 0 Å². The van der Waals surface area contributed by atoms with Crippen LogP contribution < -0.4 is 10.2 Å². The van der Waals surface area contributed by atoms with Gasteiger partial charge in [0.05, 0.1) is 0 Å². The van der Waals surface area contributed by atoms with Crippen LogP contribution in [0.3, 0.4) is 0 Å². The van der Waals surface area contributed by atoms with Crippen LogP contribution in [0.4, 0.5) is 0 Å². The fraction of sp³-hybridized carbons (Fsp3) is 0.600. The Bertz CT molecular complexity index is 72.9. The third kappa shape index (κ3) is 19000. The molecule has 0 spiro atoms. The van der Waals surface area contributed by atoms with Crippen LogP contribution >= 0.6 is 0 Å². The Labute approximate surface area is 85.2 Å². The molecule has 2 radical (unpaired) electrons. The molecule has 0 bridgehead atoms. The van der Waals surface area contributed by atoms with Gasteiger partial charge in [-0.3, -0.25) is 0 Å². The molecule has 5 nitrogen and oxygen atoms in total. The average Bonchev–Trinajstić information content (AvgIpc) is 1.66. The standard InChI is InChI=1S/2C2H4O2.CH4O.Pb/c2*1-2(3)4;1-2;/h2*1H3,(H,3,4);2H,1H3;/q;;;+2/p-2. The molecule has 0 aromatic carbocycles. The summed E-state index contributed by atoms with van der Waals surface area (Å²) in [6.45, 7) is 1.94. The average molecular weight is 357 g/mol. The van der Waals surface area contributed by atoms with Gasteiger partial charge < -0.3 is 24.9 Å². The second-order valence-electron chi connectivity index (χ2n) is 0.983. The maximum absolute atomic E-state index is 8.89. The van der Waals surface area contributed by atoms with Crippen molar-refractivity contribution in [3.05, 3.63) is 0 Å². The first-order valence-corrected chi connectivity index (χ1v) is 2.26. The summed E-state index contributed by atoms with van der Waals surface area (Å²) in [4.78, 5) is 17.8. The smallest absolute Gasteiger partial charge is 0.550 e. The van der Waals surface area contributed by atoms with E-state index in [9.17, 15) is 0 Å². The number of aliphatic hydroxyl groups is 1. The number of rotatable bonds is 0. The van der Waals surface area contributed by atoms with Gasteiger partial charge in [0.2, 0.25) is 0 Å². The van der Waals surface area contributed by atoms with Gasteiger partial charge in [-0.25, -0.2) is 0 Å². The number of carbonyl (C=O) groups excluding carboxylic acids is 2. The van der Waals surface area contributed by atoms with E-state index in [0.29, 0.717) is 0 Å². The molecule has 0 rings (SSSR count). The maximum Gasteiger partial charge on any atom is 2.00 e. The van der Waals surface area contributed by atoms with Crippen LogP contribution in [0.15, 0.2) is 0 Å². The molecule has 0 aliphatic heterocycles. The predicted octanol–water partition coefficient (Wildman–Crippen LogP) is -3.26. The number of carboxylic acids is 2. The third-order valence-corrected chi connectivity index (χ3v) is 0. The molecule has 0 saturated carbocycles. The fourth-order valence-corrected chi connectivity index (χ4v) is 0. The van der Waals surface area contributed by atoms with Gasteiger partial charge in [0.15, 0.2) is 0 Å². The number of aliphatic hydroxyl groups excluding tert-OH is 1. The Morgan fingerprint density at radius 3 is 1.00 bits per heavy atom. The Morgan fingerprint density at radius 2 is 1.00 bits per heavy atom. The van der Waals surface area contributed by atoms with Crippen LogP contribution in [0.1, 0.15) is 13.8 Å². The Balaban J connectivity index is -0.0000000339. The number of carbonyl (C=O) groups is 2. The first-order valence-electron chi connectivity index (χ1n) is 2.26. The van der Waals surface area contributed by atoms with E-state index in [2.05, 4.69) is 0 Å². The molecule has 1 N–H and O–H groups in total. The van der Waals surface area contributed by atoms with Crippen LogP contribution in [0, 0.1) is 0 Å². The summed E-state index contributed by atoms with van der Waals surface area (Å²) in [7, 11) is 1.00. The van der Waals surface area contributed by atoms with Crippen molar-refractivity contribution in [1.82, 2.24) is 0 Å². The van der Waals surface area contributed by atoms with Crippen LogP contribution in [-0.4, -0.2) is 51.5 Å². The minimum Gasteiger partial charge on any atom is -0.550 e. The Kier molecular flexibility index (Phi) is 46.0. The summed E-state index contributed by atoms with van der Waals surface area (Å²) in [5.41, 5.74) is 0. The molecule has 0 atom stereocenters. The summed E-state index contributed by atoms with van der Waals surface area (Å²) in [5, 5.41) is 24.8. The van der Waals surface area contributed by atoms with Crippen molar-refractivity contribution in [2.24, 2.45) is 0 Å². The van der Waals surface area contributed by atoms with E-state index in [4.69, 9.17) is 24.9 Å². The Hall–Kier alpha value is -0.178. The second kappa shape index (κ2) is 22.6. The van der Waals surface area contributed by atoms with Gasteiger partial charge in [0.25, 0.3) is 0 Å². The molecular formula is C5H10O5Pb. The molecule has 0 aliphatic rings. The topological polar surface area (TPSA) is 100 Å². The minimum absolute atomic E-state index is 0. The van der Waals surface area contributed by atoms with Gasteiger partial charge in [-0.15, -0.1) is 0 Å². The van der Waals surface area contributed by atoms with Crippen molar-refractivity contribution < 1.29 is 24.9 Å². The van der Waals surface area contributed by atoms with Gasteiger partial charge in [0, 0.05) is 19.0 Å². The molecule has 0 fully saturated rings. The van der Waals surface area contributed by atoms with Gasteiger partial charge >= 0.3 is 27.3 Å². The molecular weight excluding hydrogens is 347 g/mol. The molecule has 0 unspecified atom stereocenters. The van der Waals surface area contributed by atoms with Crippen molar-refractivity contribution in [2.45, 2.75) is 13.8 Å². The molecule has 11 heavy (non-hydrogen) atoms. The quantitative estimate of drug-likeness (QED) is 0.459. The van der Waals surface area contributed by atoms with Crippen LogP contribution in [0.5, 0.6) is 0 Å². The van der Waals surface area contributed by atoms with Crippen molar-refractivity contribution >= 4 is 39.2 Å². The molecule has 0 aliphatic carbocycles. The molecule has 0 aromatic heterocycles. The van der Waals surface area contributed by atoms with E-state index in [0.717, 1.165) is 21.0 Å². The maximum atomic E-state index is 8.89. The summed E-state index contributed by atoms with van der Waals surface area (Å²) in [5.74, 6) is -2.17. The predicted molar refractivity (Wildman–Crippen MR) is 35.3 cm³/mol. The SMILES string of the molecule is CC(=O)[O-].CC(=O)[O-].CO.[Pb+2]. The van der Waals surface area contributed by atoms with Crippen molar-refractivity contribution in [3.63, 3.8) is 0 Å². The van der Waals surface area contributed by atoms with E-state index in [1.165, 1.54) is 0 Å². The third-order valence-electron chi connectivity index (χ3n) is 0.